The predicted octanol–water partition coefficient (Wildman–Crippen LogP) is 4.24. The maximum absolute atomic E-state index is 13.5. The van der Waals surface area contributed by atoms with Crippen LogP contribution in [0.4, 0.5) is 19.0 Å². The summed E-state index contributed by atoms with van der Waals surface area (Å²) in [7, 11) is 0. The minimum atomic E-state index is -4.36. The van der Waals surface area contributed by atoms with Gasteiger partial charge < -0.3 is 10.2 Å². The summed E-state index contributed by atoms with van der Waals surface area (Å²) < 4.78 is 41.5. The zero-order valence-corrected chi connectivity index (χ0v) is 16.7. The summed E-state index contributed by atoms with van der Waals surface area (Å²) in [6.45, 7) is 5.95. The second kappa shape index (κ2) is 6.75. The lowest BCUT2D eigenvalue weighted by Crippen LogP contribution is -2.38. The Morgan fingerprint density at radius 2 is 2.11 bits per heavy atom. The number of hydrogen-bond donors (Lipinski definition) is 1. The lowest BCUT2D eigenvalue weighted by atomic mass is 10.1. The zero-order valence-electron chi connectivity index (χ0n) is 15.9. The minimum absolute atomic E-state index is 0.0652. The van der Waals surface area contributed by atoms with Crippen molar-refractivity contribution in [2.75, 3.05) is 11.9 Å². The van der Waals surface area contributed by atoms with Crippen molar-refractivity contribution in [2.24, 2.45) is 0 Å². The van der Waals surface area contributed by atoms with E-state index in [1.54, 1.807) is 24.8 Å². The molecular formula is C18H22F3N5OS. The first-order valence-electron chi connectivity index (χ1n) is 9.33. The van der Waals surface area contributed by atoms with Gasteiger partial charge >= 0.3 is 6.18 Å². The molecule has 0 radical (unpaired) electrons. The first kappa shape index (κ1) is 19.2. The van der Waals surface area contributed by atoms with Gasteiger partial charge in [-0.3, -0.25) is 4.79 Å². The summed E-state index contributed by atoms with van der Waals surface area (Å²) >= 11 is 1.35. The van der Waals surface area contributed by atoms with Gasteiger partial charge in [0.25, 0.3) is 5.91 Å². The first-order chi connectivity index (χ1) is 13.1. The molecule has 2 aliphatic rings. The molecule has 0 spiro atoms. The summed E-state index contributed by atoms with van der Waals surface area (Å²) in [6.07, 6.45) is -2.95. The molecule has 4 heterocycles. The highest BCUT2D eigenvalue weighted by Crippen LogP contribution is 2.42. The van der Waals surface area contributed by atoms with Crippen LogP contribution in [0.1, 0.15) is 64.3 Å². The van der Waals surface area contributed by atoms with Gasteiger partial charge in [0.2, 0.25) is 0 Å². The Morgan fingerprint density at radius 3 is 2.75 bits per heavy atom. The van der Waals surface area contributed by atoms with E-state index in [9.17, 15) is 18.0 Å². The highest BCUT2D eigenvalue weighted by Gasteiger charge is 2.46. The summed E-state index contributed by atoms with van der Waals surface area (Å²) in [6, 6.07) is -0.606. The number of fused-ring (bicyclic) bond motifs is 1. The summed E-state index contributed by atoms with van der Waals surface area (Å²) in [4.78, 5) is 19.7. The lowest BCUT2D eigenvalue weighted by Gasteiger charge is -2.31. The van der Waals surface area contributed by atoms with Crippen molar-refractivity contribution in [2.45, 2.75) is 64.3 Å². The van der Waals surface area contributed by atoms with E-state index >= 15 is 0 Å². The van der Waals surface area contributed by atoms with Crippen LogP contribution in [-0.4, -0.2) is 44.3 Å². The van der Waals surface area contributed by atoms with E-state index < -0.39 is 12.2 Å². The van der Waals surface area contributed by atoms with Crippen LogP contribution in [-0.2, 0) is 0 Å². The molecule has 6 nitrogen and oxygen atoms in total. The number of aromatic nitrogens is 3. The molecule has 1 saturated heterocycles. The Hall–Kier alpha value is -2.10. The number of alkyl halides is 3. The van der Waals surface area contributed by atoms with E-state index in [0.717, 1.165) is 16.1 Å². The molecule has 152 valence electrons. The van der Waals surface area contributed by atoms with Gasteiger partial charge in [0, 0.05) is 18.7 Å². The van der Waals surface area contributed by atoms with Gasteiger partial charge in [0.1, 0.15) is 10.7 Å². The third-order valence-electron chi connectivity index (χ3n) is 5.35. The molecule has 1 N–H and O–H groups in total. The van der Waals surface area contributed by atoms with E-state index in [4.69, 9.17) is 0 Å². The molecular weight excluding hydrogens is 391 g/mol. The summed E-state index contributed by atoms with van der Waals surface area (Å²) in [5, 5.41) is 8.20. The molecule has 0 aliphatic carbocycles. The molecule has 4 rings (SSSR count). The standard InChI is InChI=1S/C18H22F3N5OS/c1-9-7-14(18(19,20)21)26-15(22-9)8-12(24-26)13-5-4-6-25(13)17(27)16-10(2)23-11(3)28-16/h8-9,13-14,22H,4-7H2,1-3H3/t9-,13-,14-/m1/s1. The van der Waals surface area contributed by atoms with E-state index in [1.807, 2.05) is 6.92 Å². The van der Waals surface area contributed by atoms with Crippen molar-refractivity contribution in [1.82, 2.24) is 19.7 Å². The van der Waals surface area contributed by atoms with E-state index in [1.165, 1.54) is 11.3 Å². The fourth-order valence-electron chi connectivity index (χ4n) is 4.12. The van der Waals surface area contributed by atoms with Crippen LogP contribution in [0.3, 0.4) is 0 Å². The van der Waals surface area contributed by atoms with Crippen LogP contribution >= 0.6 is 11.3 Å². The minimum Gasteiger partial charge on any atom is -0.368 e. The van der Waals surface area contributed by atoms with E-state index in [2.05, 4.69) is 15.4 Å². The van der Waals surface area contributed by atoms with Crippen molar-refractivity contribution in [3.8, 4) is 0 Å². The van der Waals surface area contributed by atoms with Crippen molar-refractivity contribution < 1.29 is 18.0 Å². The van der Waals surface area contributed by atoms with Crippen LogP contribution in [0.5, 0.6) is 0 Å². The third-order valence-corrected chi connectivity index (χ3v) is 6.41. The highest BCUT2D eigenvalue weighted by atomic mass is 32.1. The number of likely N-dealkylation sites (tertiary alicyclic amines) is 1. The zero-order chi connectivity index (χ0) is 20.2. The Kier molecular flexibility index (Phi) is 4.64. The maximum Gasteiger partial charge on any atom is 0.410 e. The number of nitrogens with one attached hydrogen (secondary N) is 1. The number of nitrogens with zero attached hydrogens (tertiary/aromatic N) is 4. The molecule has 1 amide bonds. The molecule has 2 aromatic rings. The normalized spacial score (nSPS) is 24.9. The average molecular weight is 413 g/mol. The number of rotatable bonds is 2. The molecule has 10 heteroatoms. The summed E-state index contributed by atoms with van der Waals surface area (Å²) in [5.74, 6) is 0.241. The summed E-state index contributed by atoms with van der Waals surface area (Å²) in [5.41, 5.74) is 1.20. The Bertz CT molecular complexity index is 906. The average Bonchev–Trinajstić information content (AvgIpc) is 3.29. The van der Waals surface area contributed by atoms with Crippen molar-refractivity contribution in [3.05, 3.63) is 27.3 Å². The van der Waals surface area contributed by atoms with Gasteiger partial charge in [-0.15, -0.1) is 11.3 Å². The van der Waals surface area contributed by atoms with E-state index in [-0.39, 0.29) is 24.4 Å². The van der Waals surface area contributed by atoms with Gasteiger partial charge in [0.05, 0.1) is 22.4 Å². The molecule has 2 aliphatic heterocycles. The number of carbonyl (C=O) groups excluding carboxylic acids is 1. The second-order valence-electron chi connectivity index (χ2n) is 7.54. The van der Waals surface area contributed by atoms with Crippen molar-refractivity contribution >= 4 is 23.1 Å². The molecule has 3 atom stereocenters. The van der Waals surface area contributed by atoms with Crippen LogP contribution in [0.15, 0.2) is 6.07 Å². The largest absolute Gasteiger partial charge is 0.410 e. The van der Waals surface area contributed by atoms with Gasteiger partial charge in [-0.2, -0.15) is 18.3 Å². The molecule has 0 aromatic carbocycles. The number of amides is 1. The lowest BCUT2D eigenvalue weighted by molar-refractivity contribution is -0.173. The quantitative estimate of drug-likeness (QED) is 0.800. The number of thiazole rings is 1. The Morgan fingerprint density at radius 1 is 1.36 bits per heavy atom. The smallest absolute Gasteiger partial charge is 0.368 e. The van der Waals surface area contributed by atoms with E-state index in [0.29, 0.717) is 35.0 Å². The third kappa shape index (κ3) is 3.27. The number of aryl methyl sites for hydroxylation is 2. The molecule has 0 saturated carbocycles. The first-order valence-corrected chi connectivity index (χ1v) is 10.1. The van der Waals surface area contributed by atoms with Crippen molar-refractivity contribution in [3.63, 3.8) is 0 Å². The number of carbonyl (C=O) groups is 1. The van der Waals surface area contributed by atoms with Crippen LogP contribution < -0.4 is 5.32 Å². The molecule has 28 heavy (non-hydrogen) atoms. The van der Waals surface area contributed by atoms with Crippen molar-refractivity contribution in [1.29, 1.82) is 0 Å². The fraction of sp³-hybridized carbons (Fsp3) is 0.611. The SMILES string of the molecule is Cc1nc(C)c(C(=O)N2CCC[C@@H]2c2cc3n(n2)[C@@H](C(F)(F)F)C[C@@H](C)N3)s1. The maximum atomic E-state index is 13.5. The number of anilines is 1. The van der Waals surface area contributed by atoms with Gasteiger partial charge in [-0.05, 0) is 40.0 Å². The van der Waals surface area contributed by atoms with Crippen LogP contribution in [0.25, 0.3) is 0 Å². The predicted molar refractivity (Wildman–Crippen MR) is 99.6 cm³/mol. The number of hydrogen-bond acceptors (Lipinski definition) is 5. The van der Waals surface area contributed by atoms with Gasteiger partial charge in [-0.25, -0.2) is 9.67 Å². The molecule has 2 aromatic heterocycles. The van der Waals surface area contributed by atoms with Gasteiger partial charge in [0.15, 0.2) is 6.04 Å². The second-order valence-corrected chi connectivity index (χ2v) is 8.74. The Labute approximate surface area is 164 Å². The van der Waals surface area contributed by atoms with Gasteiger partial charge in [-0.1, -0.05) is 0 Å². The molecule has 1 fully saturated rings. The Balaban J connectivity index is 1.66. The van der Waals surface area contributed by atoms with Crippen LogP contribution in [0.2, 0.25) is 0 Å². The molecule has 0 bridgehead atoms. The fourth-order valence-corrected chi connectivity index (χ4v) is 4.99. The highest BCUT2D eigenvalue weighted by molar-refractivity contribution is 7.13. The van der Waals surface area contributed by atoms with Crippen LogP contribution in [0, 0.1) is 13.8 Å². The molecule has 0 unspecified atom stereocenters. The monoisotopic (exact) mass is 413 g/mol. The number of halogens is 3. The topological polar surface area (TPSA) is 63.1 Å².